The molecule has 2 aliphatic heterocycles. The Kier molecular flexibility index (Phi) is 5.85. The molecule has 18 heavy (non-hydrogen) atoms. The molecule has 0 spiro atoms. The van der Waals surface area contributed by atoms with Gasteiger partial charge in [-0.1, -0.05) is 6.92 Å². The van der Waals surface area contributed by atoms with Crippen molar-refractivity contribution < 1.29 is 14.6 Å². The Morgan fingerprint density at radius 2 is 2.22 bits per heavy atom. The lowest BCUT2D eigenvalue weighted by atomic mass is 10.1. The van der Waals surface area contributed by atoms with E-state index < -0.39 is 0 Å². The highest BCUT2D eigenvalue weighted by molar-refractivity contribution is 5.85. The maximum atomic E-state index is 12.2. The second-order valence-electron chi connectivity index (χ2n) is 5.07. The Labute approximate surface area is 114 Å². The topological polar surface area (TPSA) is 61.8 Å². The summed E-state index contributed by atoms with van der Waals surface area (Å²) in [6.07, 6.45) is 1.32. The van der Waals surface area contributed by atoms with Crippen LogP contribution in [0.15, 0.2) is 0 Å². The Bertz CT molecular complexity index is 290. The first-order valence-corrected chi connectivity index (χ1v) is 6.45. The van der Waals surface area contributed by atoms with E-state index in [1.54, 1.807) is 0 Å². The second kappa shape index (κ2) is 6.70. The van der Waals surface area contributed by atoms with E-state index in [9.17, 15) is 9.90 Å². The van der Waals surface area contributed by atoms with Crippen LogP contribution in [-0.4, -0.2) is 59.9 Å². The van der Waals surface area contributed by atoms with Gasteiger partial charge in [-0.2, -0.15) is 0 Å². The van der Waals surface area contributed by atoms with Gasteiger partial charge in [-0.05, 0) is 19.8 Å². The minimum absolute atomic E-state index is 0. The molecule has 5 nitrogen and oxygen atoms in total. The van der Waals surface area contributed by atoms with Crippen molar-refractivity contribution >= 4 is 18.3 Å². The summed E-state index contributed by atoms with van der Waals surface area (Å²) in [5.41, 5.74) is 0. The fourth-order valence-electron chi connectivity index (χ4n) is 2.58. The normalized spacial score (nSPS) is 36.3. The first-order chi connectivity index (χ1) is 8.10. The highest BCUT2D eigenvalue weighted by atomic mass is 35.5. The summed E-state index contributed by atoms with van der Waals surface area (Å²) in [4.78, 5) is 14.1. The molecule has 1 amide bonds. The van der Waals surface area contributed by atoms with E-state index in [2.05, 4.69) is 12.2 Å². The van der Waals surface area contributed by atoms with Crippen LogP contribution in [0, 0.1) is 0 Å². The van der Waals surface area contributed by atoms with Crippen LogP contribution in [0.2, 0.25) is 0 Å². The largest absolute Gasteiger partial charge is 0.392 e. The van der Waals surface area contributed by atoms with Crippen molar-refractivity contribution in [3.63, 3.8) is 0 Å². The molecule has 2 aliphatic rings. The van der Waals surface area contributed by atoms with Crippen molar-refractivity contribution in [2.75, 3.05) is 19.6 Å². The van der Waals surface area contributed by atoms with Gasteiger partial charge in [0.05, 0.1) is 24.4 Å². The second-order valence-corrected chi connectivity index (χ2v) is 5.07. The van der Waals surface area contributed by atoms with Crippen LogP contribution in [0.3, 0.4) is 0 Å². The van der Waals surface area contributed by atoms with Gasteiger partial charge in [0.25, 0.3) is 0 Å². The van der Waals surface area contributed by atoms with Crippen LogP contribution in [0.1, 0.15) is 26.7 Å². The SMILES string of the molecule is CCC1CN(C(=O)C2CC(O)CN2)CC(C)O1.Cl. The van der Waals surface area contributed by atoms with Crippen LogP contribution >= 0.6 is 12.4 Å². The third-order valence-electron chi connectivity index (χ3n) is 3.50. The van der Waals surface area contributed by atoms with Crippen LogP contribution < -0.4 is 5.32 Å². The number of aliphatic hydroxyl groups is 1. The van der Waals surface area contributed by atoms with Crippen molar-refractivity contribution in [1.29, 1.82) is 0 Å². The predicted octanol–water partition coefficient (Wildman–Crippen LogP) is 0.157. The zero-order valence-electron chi connectivity index (χ0n) is 11.0. The van der Waals surface area contributed by atoms with Crippen molar-refractivity contribution in [2.24, 2.45) is 0 Å². The lowest BCUT2D eigenvalue weighted by molar-refractivity contribution is -0.146. The molecule has 2 heterocycles. The van der Waals surface area contributed by atoms with Gasteiger partial charge in [-0.15, -0.1) is 12.4 Å². The average molecular weight is 279 g/mol. The van der Waals surface area contributed by atoms with E-state index in [4.69, 9.17) is 4.74 Å². The Morgan fingerprint density at radius 3 is 2.78 bits per heavy atom. The molecule has 106 valence electrons. The number of carbonyl (C=O) groups excluding carboxylic acids is 1. The molecule has 0 aromatic heterocycles. The average Bonchev–Trinajstić information content (AvgIpc) is 2.74. The van der Waals surface area contributed by atoms with Gasteiger partial charge in [0.15, 0.2) is 0 Å². The summed E-state index contributed by atoms with van der Waals surface area (Å²) in [5.74, 6) is 0.107. The summed E-state index contributed by atoms with van der Waals surface area (Å²) in [6, 6.07) is -0.215. The number of halogens is 1. The maximum Gasteiger partial charge on any atom is 0.239 e. The van der Waals surface area contributed by atoms with E-state index in [1.807, 2.05) is 11.8 Å². The van der Waals surface area contributed by atoms with Crippen LogP contribution in [-0.2, 0) is 9.53 Å². The molecule has 0 saturated carbocycles. The van der Waals surface area contributed by atoms with Crippen molar-refractivity contribution in [3.8, 4) is 0 Å². The smallest absolute Gasteiger partial charge is 0.239 e. The van der Waals surface area contributed by atoms with Crippen LogP contribution in [0.25, 0.3) is 0 Å². The summed E-state index contributed by atoms with van der Waals surface area (Å²) in [7, 11) is 0. The number of nitrogens with zero attached hydrogens (tertiary/aromatic N) is 1. The Morgan fingerprint density at radius 1 is 1.50 bits per heavy atom. The molecule has 2 saturated heterocycles. The van der Waals surface area contributed by atoms with Crippen molar-refractivity contribution in [1.82, 2.24) is 10.2 Å². The lowest BCUT2D eigenvalue weighted by Crippen LogP contribution is -2.53. The molecule has 2 fully saturated rings. The molecule has 0 aromatic carbocycles. The summed E-state index contributed by atoms with van der Waals surface area (Å²) in [5, 5.41) is 12.5. The van der Waals surface area contributed by atoms with E-state index in [-0.39, 0.29) is 42.7 Å². The molecule has 0 aromatic rings. The molecule has 4 atom stereocenters. The summed E-state index contributed by atoms with van der Waals surface area (Å²) >= 11 is 0. The van der Waals surface area contributed by atoms with Gasteiger partial charge < -0.3 is 20.1 Å². The Hall–Kier alpha value is -0.360. The van der Waals surface area contributed by atoms with Gasteiger partial charge in [-0.3, -0.25) is 4.79 Å². The monoisotopic (exact) mass is 278 g/mol. The fraction of sp³-hybridized carbons (Fsp3) is 0.917. The molecule has 0 radical (unpaired) electrons. The molecule has 0 bridgehead atoms. The van der Waals surface area contributed by atoms with Gasteiger partial charge >= 0.3 is 0 Å². The number of aliphatic hydroxyl groups excluding tert-OH is 1. The van der Waals surface area contributed by atoms with Gasteiger partial charge in [0.1, 0.15) is 0 Å². The van der Waals surface area contributed by atoms with E-state index in [0.29, 0.717) is 26.1 Å². The van der Waals surface area contributed by atoms with Gasteiger partial charge in [-0.25, -0.2) is 0 Å². The first-order valence-electron chi connectivity index (χ1n) is 6.45. The molecule has 6 heteroatoms. The van der Waals surface area contributed by atoms with E-state index in [0.717, 1.165) is 6.42 Å². The summed E-state index contributed by atoms with van der Waals surface area (Å²) in [6.45, 7) is 5.92. The third-order valence-corrected chi connectivity index (χ3v) is 3.50. The third kappa shape index (κ3) is 3.57. The highest BCUT2D eigenvalue weighted by Crippen LogP contribution is 2.17. The predicted molar refractivity (Wildman–Crippen MR) is 70.9 cm³/mol. The van der Waals surface area contributed by atoms with Crippen LogP contribution in [0.5, 0.6) is 0 Å². The molecular formula is C12H23ClN2O3. The number of hydrogen-bond acceptors (Lipinski definition) is 4. The fourth-order valence-corrected chi connectivity index (χ4v) is 2.58. The number of rotatable bonds is 2. The number of morpholine rings is 1. The summed E-state index contributed by atoms with van der Waals surface area (Å²) < 4.78 is 5.74. The van der Waals surface area contributed by atoms with Gasteiger partial charge in [0, 0.05) is 19.6 Å². The minimum atomic E-state index is -0.385. The van der Waals surface area contributed by atoms with Crippen LogP contribution in [0.4, 0.5) is 0 Å². The minimum Gasteiger partial charge on any atom is -0.392 e. The quantitative estimate of drug-likeness (QED) is 0.755. The van der Waals surface area contributed by atoms with Crippen molar-refractivity contribution in [3.05, 3.63) is 0 Å². The van der Waals surface area contributed by atoms with E-state index in [1.165, 1.54) is 0 Å². The molecule has 4 unspecified atom stereocenters. The molecule has 0 aliphatic carbocycles. The highest BCUT2D eigenvalue weighted by Gasteiger charge is 2.34. The number of ether oxygens (including phenoxy) is 1. The molecular weight excluding hydrogens is 256 g/mol. The number of β-amino-alcohol motifs (C(OH)–C–C–N with tert-alkyl or cyclic N) is 1. The Balaban J connectivity index is 0.00000162. The standard InChI is InChI=1S/C12H22N2O3.ClH/c1-3-10-7-14(6-8(2)17-10)12(16)11-4-9(15)5-13-11;/h8-11,13,15H,3-7H2,1-2H3;1H. The zero-order chi connectivity index (χ0) is 12.4. The zero-order valence-corrected chi connectivity index (χ0v) is 11.8. The first kappa shape index (κ1) is 15.7. The van der Waals surface area contributed by atoms with Crippen molar-refractivity contribution in [2.45, 2.75) is 51.0 Å². The number of amides is 1. The lowest BCUT2D eigenvalue weighted by Gasteiger charge is -2.37. The number of hydrogen-bond donors (Lipinski definition) is 2. The van der Waals surface area contributed by atoms with E-state index >= 15 is 0 Å². The molecule has 2 N–H and O–H groups in total. The van der Waals surface area contributed by atoms with Gasteiger partial charge in [0.2, 0.25) is 5.91 Å². The maximum absolute atomic E-state index is 12.2. The molecule has 2 rings (SSSR count). The number of carbonyl (C=O) groups is 1. The number of nitrogens with one attached hydrogen (secondary N) is 1.